The Kier molecular flexibility index (Phi) is 5.10. The molecule has 1 aromatic rings. The summed E-state index contributed by atoms with van der Waals surface area (Å²) in [5.74, 6) is 1.61. The fraction of sp³-hybridized carbons (Fsp3) is 0.833. The van der Waals surface area contributed by atoms with Gasteiger partial charge in [-0.25, -0.2) is 0 Å². The standard InChI is InChI=1S/C12H21N3O3/c1-3-13-10-8-17-7-9(10)12-14-11(15-18-12)5-4-6-16-2/h9-10,13H,3-8H2,1-2H3. The average Bonchev–Trinajstić information content (AvgIpc) is 2.98. The second-order valence-electron chi connectivity index (χ2n) is 4.45. The molecule has 1 saturated heterocycles. The monoisotopic (exact) mass is 255 g/mol. The maximum absolute atomic E-state index is 5.47. The van der Waals surface area contributed by atoms with E-state index in [1.807, 2.05) is 0 Å². The molecule has 2 rings (SSSR count). The first-order valence-corrected chi connectivity index (χ1v) is 6.47. The van der Waals surface area contributed by atoms with Gasteiger partial charge in [0.15, 0.2) is 5.82 Å². The predicted octanol–water partition coefficient (Wildman–Crippen LogP) is 0.740. The quantitative estimate of drug-likeness (QED) is 0.725. The summed E-state index contributed by atoms with van der Waals surface area (Å²) in [7, 11) is 1.69. The van der Waals surface area contributed by atoms with E-state index in [1.165, 1.54) is 0 Å². The molecule has 0 aromatic carbocycles. The molecule has 2 atom stereocenters. The molecule has 2 heterocycles. The molecular formula is C12H21N3O3. The third-order valence-corrected chi connectivity index (χ3v) is 3.10. The Balaban J connectivity index is 1.92. The summed E-state index contributed by atoms with van der Waals surface area (Å²) < 4.78 is 15.8. The van der Waals surface area contributed by atoms with Crippen LogP contribution in [-0.2, 0) is 15.9 Å². The molecule has 1 aliphatic rings. The van der Waals surface area contributed by atoms with Gasteiger partial charge in [0.05, 0.1) is 19.1 Å². The molecule has 6 nitrogen and oxygen atoms in total. The highest BCUT2D eigenvalue weighted by Crippen LogP contribution is 2.24. The lowest BCUT2D eigenvalue weighted by Gasteiger charge is -2.13. The van der Waals surface area contributed by atoms with Crippen molar-refractivity contribution < 1.29 is 14.0 Å². The summed E-state index contributed by atoms with van der Waals surface area (Å²) in [5.41, 5.74) is 0. The van der Waals surface area contributed by atoms with Crippen LogP contribution in [0.25, 0.3) is 0 Å². The van der Waals surface area contributed by atoms with Crippen molar-refractivity contribution in [2.24, 2.45) is 0 Å². The summed E-state index contributed by atoms with van der Waals surface area (Å²) in [5, 5.41) is 7.38. The van der Waals surface area contributed by atoms with Gasteiger partial charge >= 0.3 is 0 Å². The first-order valence-electron chi connectivity index (χ1n) is 6.47. The maximum atomic E-state index is 5.47. The molecule has 0 radical (unpaired) electrons. The summed E-state index contributed by atoms with van der Waals surface area (Å²) in [6.45, 7) is 5.08. The zero-order valence-electron chi connectivity index (χ0n) is 11.0. The summed E-state index contributed by atoms with van der Waals surface area (Å²) in [6, 6.07) is 0.280. The molecule has 1 aliphatic heterocycles. The van der Waals surface area contributed by atoms with Crippen molar-refractivity contribution in [1.29, 1.82) is 0 Å². The van der Waals surface area contributed by atoms with Crippen molar-refractivity contribution in [3.05, 3.63) is 11.7 Å². The van der Waals surface area contributed by atoms with Gasteiger partial charge in [-0.15, -0.1) is 0 Å². The fourth-order valence-electron chi connectivity index (χ4n) is 2.16. The van der Waals surface area contributed by atoms with Crippen molar-refractivity contribution in [1.82, 2.24) is 15.5 Å². The van der Waals surface area contributed by atoms with Crippen LogP contribution in [0.15, 0.2) is 4.52 Å². The van der Waals surface area contributed by atoms with Gasteiger partial charge in [0.1, 0.15) is 0 Å². The maximum Gasteiger partial charge on any atom is 0.233 e. The van der Waals surface area contributed by atoms with Crippen molar-refractivity contribution >= 4 is 0 Å². The van der Waals surface area contributed by atoms with Gasteiger partial charge in [0.2, 0.25) is 5.89 Å². The molecule has 0 aliphatic carbocycles. The van der Waals surface area contributed by atoms with E-state index in [0.717, 1.165) is 31.8 Å². The summed E-state index contributed by atoms with van der Waals surface area (Å²) >= 11 is 0. The highest BCUT2D eigenvalue weighted by molar-refractivity contribution is 5.02. The Labute approximate surface area is 107 Å². The lowest BCUT2D eigenvalue weighted by atomic mass is 10.0. The van der Waals surface area contributed by atoms with Crippen molar-refractivity contribution in [2.45, 2.75) is 31.7 Å². The summed E-state index contributed by atoms with van der Waals surface area (Å²) in [4.78, 5) is 4.44. The van der Waals surface area contributed by atoms with Gasteiger partial charge in [-0.2, -0.15) is 4.98 Å². The van der Waals surface area contributed by atoms with Crippen molar-refractivity contribution in [3.63, 3.8) is 0 Å². The van der Waals surface area contributed by atoms with Crippen LogP contribution in [-0.4, -0.2) is 49.7 Å². The first kappa shape index (κ1) is 13.5. The highest BCUT2D eigenvalue weighted by atomic mass is 16.5. The van der Waals surface area contributed by atoms with Gasteiger partial charge in [0, 0.05) is 26.2 Å². The minimum absolute atomic E-state index is 0.175. The zero-order valence-corrected chi connectivity index (χ0v) is 11.0. The highest BCUT2D eigenvalue weighted by Gasteiger charge is 2.33. The van der Waals surface area contributed by atoms with Crippen molar-refractivity contribution in [2.75, 3.05) is 33.5 Å². The van der Waals surface area contributed by atoms with Gasteiger partial charge in [-0.1, -0.05) is 12.1 Å². The van der Waals surface area contributed by atoms with E-state index in [9.17, 15) is 0 Å². The molecule has 0 bridgehead atoms. The van der Waals surface area contributed by atoms with Crippen LogP contribution >= 0.6 is 0 Å². The SMILES string of the molecule is CCNC1COCC1c1nc(CCCOC)no1. The van der Waals surface area contributed by atoms with Crippen molar-refractivity contribution in [3.8, 4) is 0 Å². The number of hydrogen-bond donors (Lipinski definition) is 1. The molecule has 2 unspecified atom stereocenters. The average molecular weight is 255 g/mol. The van der Waals surface area contributed by atoms with Gasteiger partial charge < -0.3 is 19.3 Å². The lowest BCUT2D eigenvalue weighted by Crippen LogP contribution is -2.34. The molecule has 6 heteroatoms. The number of methoxy groups -OCH3 is 1. The van der Waals surface area contributed by atoms with E-state index in [2.05, 4.69) is 22.4 Å². The molecule has 102 valence electrons. The third-order valence-electron chi connectivity index (χ3n) is 3.10. The van der Waals surface area contributed by atoms with Crippen LogP contribution in [0.1, 0.15) is 31.0 Å². The minimum Gasteiger partial charge on any atom is -0.385 e. The molecular weight excluding hydrogens is 234 g/mol. The van der Waals surface area contributed by atoms with Gasteiger partial charge in [-0.3, -0.25) is 0 Å². The number of ether oxygens (including phenoxy) is 2. The smallest absolute Gasteiger partial charge is 0.233 e. The van der Waals surface area contributed by atoms with Crippen LogP contribution in [0.2, 0.25) is 0 Å². The number of nitrogens with zero attached hydrogens (tertiary/aromatic N) is 2. The second-order valence-corrected chi connectivity index (χ2v) is 4.45. The lowest BCUT2D eigenvalue weighted by molar-refractivity contribution is 0.185. The van der Waals surface area contributed by atoms with Crippen LogP contribution in [0.4, 0.5) is 0 Å². The third kappa shape index (κ3) is 3.28. The number of aromatic nitrogens is 2. The minimum atomic E-state index is 0.175. The molecule has 0 amide bonds. The Morgan fingerprint density at radius 2 is 2.33 bits per heavy atom. The predicted molar refractivity (Wildman–Crippen MR) is 65.5 cm³/mol. The topological polar surface area (TPSA) is 69.4 Å². The molecule has 18 heavy (non-hydrogen) atoms. The second kappa shape index (κ2) is 6.82. The first-order chi connectivity index (χ1) is 8.85. The molecule has 1 fully saturated rings. The molecule has 1 N–H and O–H groups in total. The Morgan fingerprint density at radius 1 is 1.44 bits per heavy atom. The van der Waals surface area contributed by atoms with E-state index in [0.29, 0.717) is 19.1 Å². The van der Waals surface area contributed by atoms with E-state index in [1.54, 1.807) is 7.11 Å². The number of rotatable bonds is 7. The van der Waals surface area contributed by atoms with Crippen LogP contribution in [0.5, 0.6) is 0 Å². The van der Waals surface area contributed by atoms with Crippen LogP contribution in [0.3, 0.4) is 0 Å². The van der Waals surface area contributed by atoms with E-state index in [-0.39, 0.29) is 12.0 Å². The largest absolute Gasteiger partial charge is 0.385 e. The number of aryl methyl sites for hydroxylation is 1. The van der Waals surface area contributed by atoms with Crippen LogP contribution in [0, 0.1) is 0 Å². The van der Waals surface area contributed by atoms with Gasteiger partial charge in [-0.05, 0) is 13.0 Å². The van der Waals surface area contributed by atoms with E-state index >= 15 is 0 Å². The zero-order chi connectivity index (χ0) is 12.8. The molecule has 1 aromatic heterocycles. The van der Waals surface area contributed by atoms with Gasteiger partial charge in [0.25, 0.3) is 0 Å². The fourth-order valence-corrected chi connectivity index (χ4v) is 2.16. The molecule has 0 saturated carbocycles. The Bertz CT molecular complexity index is 356. The summed E-state index contributed by atoms with van der Waals surface area (Å²) in [6.07, 6.45) is 1.70. The normalized spacial score (nSPS) is 23.7. The Hall–Kier alpha value is -0.980. The van der Waals surface area contributed by atoms with E-state index < -0.39 is 0 Å². The van der Waals surface area contributed by atoms with Crippen LogP contribution < -0.4 is 5.32 Å². The Morgan fingerprint density at radius 3 is 3.11 bits per heavy atom. The molecule has 0 spiro atoms. The number of likely N-dealkylation sites (N-methyl/N-ethyl adjacent to an activating group) is 1. The number of hydrogen-bond acceptors (Lipinski definition) is 6. The van der Waals surface area contributed by atoms with E-state index in [4.69, 9.17) is 14.0 Å². The number of nitrogens with one attached hydrogen (secondary N) is 1.